The number of nitrogens with zero attached hydrogens (tertiary/aromatic N) is 5. The molecule has 0 bridgehead atoms. The zero-order valence-corrected chi connectivity index (χ0v) is 12.8. The molecule has 116 valence electrons. The lowest BCUT2D eigenvalue weighted by atomic mass is 10.2. The van der Waals surface area contributed by atoms with Crippen molar-refractivity contribution in [2.24, 2.45) is 0 Å². The van der Waals surface area contributed by atoms with Crippen LogP contribution in [0.4, 0.5) is 5.69 Å². The minimum absolute atomic E-state index is 0.0849. The summed E-state index contributed by atoms with van der Waals surface area (Å²) in [5.41, 5.74) is 2.92. The Kier molecular flexibility index (Phi) is 4.06. The van der Waals surface area contributed by atoms with Gasteiger partial charge < -0.3 is 10.4 Å². The number of pyridine rings is 1. The summed E-state index contributed by atoms with van der Waals surface area (Å²) >= 11 is 0. The first kappa shape index (κ1) is 14.5. The molecule has 0 aliphatic rings. The fraction of sp³-hybridized carbons (Fsp3) is 0.400. The number of nitrogens with one attached hydrogen (secondary N) is 1. The largest absolute Gasteiger partial charge is 0.394 e. The highest BCUT2D eigenvalue weighted by Crippen LogP contribution is 2.17. The van der Waals surface area contributed by atoms with Gasteiger partial charge in [-0.15, -0.1) is 0 Å². The molecular weight excluding hydrogens is 280 g/mol. The van der Waals surface area contributed by atoms with Crippen molar-refractivity contribution < 1.29 is 5.11 Å². The molecule has 0 saturated heterocycles. The van der Waals surface area contributed by atoms with E-state index in [1.54, 1.807) is 10.9 Å². The predicted octanol–water partition coefficient (Wildman–Crippen LogP) is 1.81. The summed E-state index contributed by atoms with van der Waals surface area (Å²) in [5, 5.41) is 21.8. The molecule has 0 atom stereocenters. The molecule has 3 aromatic heterocycles. The maximum absolute atomic E-state index is 8.88. The third kappa shape index (κ3) is 2.94. The highest BCUT2D eigenvalue weighted by molar-refractivity contribution is 5.75. The topological polar surface area (TPSA) is 80.8 Å². The summed E-state index contributed by atoms with van der Waals surface area (Å²) < 4.78 is 3.63. The van der Waals surface area contributed by atoms with Gasteiger partial charge in [-0.1, -0.05) is 0 Å². The number of hydrogen-bond acceptors (Lipinski definition) is 5. The zero-order chi connectivity index (χ0) is 15.5. The van der Waals surface area contributed by atoms with E-state index in [-0.39, 0.29) is 6.61 Å². The number of aliphatic hydroxyl groups is 1. The molecular formula is C15H20N6O. The number of aromatic nitrogens is 5. The van der Waals surface area contributed by atoms with Gasteiger partial charge in [0.05, 0.1) is 31.2 Å². The summed E-state index contributed by atoms with van der Waals surface area (Å²) in [6.45, 7) is 5.44. The van der Waals surface area contributed by atoms with Crippen molar-refractivity contribution in [1.82, 2.24) is 24.5 Å². The average molecular weight is 300 g/mol. The second kappa shape index (κ2) is 6.15. The molecule has 0 saturated carbocycles. The molecule has 0 fully saturated rings. The first-order valence-electron chi connectivity index (χ1n) is 7.36. The van der Waals surface area contributed by atoms with Gasteiger partial charge in [0.25, 0.3) is 0 Å². The first-order valence-corrected chi connectivity index (χ1v) is 7.36. The van der Waals surface area contributed by atoms with Crippen molar-refractivity contribution in [3.8, 4) is 0 Å². The van der Waals surface area contributed by atoms with E-state index in [2.05, 4.69) is 40.4 Å². The van der Waals surface area contributed by atoms with Crippen LogP contribution < -0.4 is 5.32 Å². The lowest BCUT2D eigenvalue weighted by Gasteiger charge is -2.07. The molecule has 22 heavy (non-hydrogen) atoms. The van der Waals surface area contributed by atoms with Gasteiger partial charge in [0.1, 0.15) is 0 Å². The van der Waals surface area contributed by atoms with Crippen LogP contribution in [-0.4, -0.2) is 36.3 Å². The highest BCUT2D eigenvalue weighted by atomic mass is 16.3. The molecule has 0 spiro atoms. The van der Waals surface area contributed by atoms with E-state index < -0.39 is 0 Å². The summed E-state index contributed by atoms with van der Waals surface area (Å²) in [6.07, 6.45) is 7.34. The summed E-state index contributed by atoms with van der Waals surface area (Å²) in [5.74, 6) is 0. The Bertz CT molecular complexity index is 760. The molecule has 7 nitrogen and oxygen atoms in total. The van der Waals surface area contributed by atoms with Crippen LogP contribution in [0.3, 0.4) is 0 Å². The van der Waals surface area contributed by atoms with Crippen molar-refractivity contribution in [3.63, 3.8) is 0 Å². The van der Waals surface area contributed by atoms with Crippen LogP contribution in [0.25, 0.3) is 11.0 Å². The molecule has 0 unspecified atom stereocenters. The zero-order valence-electron chi connectivity index (χ0n) is 12.8. The number of anilines is 1. The van der Waals surface area contributed by atoms with Gasteiger partial charge in [-0.3, -0.25) is 4.68 Å². The molecule has 0 amide bonds. The molecule has 0 aliphatic carbocycles. The molecule has 3 aromatic rings. The van der Waals surface area contributed by atoms with Crippen LogP contribution >= 0.6 is 0 Å². The van der Waals surface area contributed by atoms with Crippen LogP contribution in [0, 0.1) is 0 Å². The number of aliphatic hydroxyl groups excluding tert-OH is 1. The normalized spacial score (nSPS) is 11.5. The minimum atomic E-state index is 0.0849. The molecule has 3 rings (SSSR count). The van der Waals surface area contributed by atoms with E-state index >= 15 is 0 Å². The second-order valence-corrected chi connectivity index (χ2v) is 5.51. The van der Waals surface area contributed by atoms with E-state index in [1.165, 1.54) is 0 Å². The predicted molar refractivity (Wildman–Crippen MR) is 84.6 cm³/mol. The van der Waals surface area contributed by atoms with Crippen molar-refractivity contribution >= 4 is 16.7 Å². The van der Waals surface area contributed by atoms with Crippen molar-refractivity contribution in [1.29, 1.82) is 0 Å². The Morgan fingerprint density at radius 1 is 1.23 bits per heavy atom. The van der Waals surface area contributed by atoms with Crippen LogP contribution in [0.2, 0.25) is 0 Å². The molecule has 0 aliphatic heterocycles. The lowest BCUT2D eigenvalue weighted by molar-refractivity contribution is 0.269. The minimum Gasteiger partial charge on any atom is -0.394 e. The number of rotatable bonds is 6. The highest BCUT2D eigenvalue weighted by Gasteiger charge is 2.08. The maximum atomic E-state index is 8.88. The molecule has 3 heterocycles. The summed E-state index contributed by atoms with van der Waals surface area (Å²) in [7, 11) is 0. The Labute approximate surface area is 128 Å². The summed E-state index contributed by atoms with van der Waals surface area (Å²) in [4.78, 5) is 4.52. The molecule has 7 heteroatoms. The van der Waals surface area contributed by atoms with Gasteiger partial charge in [-0.25, -0.2) is 9.67 Å². The first-order chi connectivity index (χ1) is 10.7. The Morgan fingerprint density at radius 3 is 2.86 bits per heavy atom. The Morgan fingerprint density at radius 2 is 2.09 bits per heavy atom. The van der Waals surface area contributed by atoms with Crippen molar-refractivity contribution in [2.45, 2.75) is 33.0 Å². The Hall–Kier alpha value is -2.41. The quantitative estimate of drug-likeness (QED) is 0.725. The van der Waals surface area contributed by atoms with E-state index in [0.717, 1.165) is 22.3 Å². The monoisotopic (exact) mass is 300 g/mol. The van der Waals surface area contributed by atoms with Gasteiger partial charge in [-0.2, -0.15) is 10.2 Å². The summed E-state index contributed by atoms with van der Waals surface area (Å²) in [6, 6.07) is 2.39. The van der Waals surface area contributed by atoms with E-state index in [4.69, 9.17) is 5.11 Å². The van der Waals surface area contributed by atoms with Crippen LogP contribution in [0.1, 0.15) is 25.5 Å². The fourth-order valence-corrected chi connectivity index (χ4v) is 2.34. The van der Waals surface area contributed by atoms with Gasteiger partial charge in [-0.05, 0) is 25.5 Å². The standard InChI is InChI=1S/C15H20N6O/c1-11(2)21-15-13(8-19-21)5-12(7-17-15)6-16-14-9-18-20(10-14)3-4-22/h5,7-11,16,22H,3-4,6H2,1-2H3. The number of hydrogen-bond donors (Lipinski definition) is 2. The van der Waals surface area contributed by atoms with Gasteiger partial charge >= 0.3 is 0 Å². The van der Waals surface area contributed by atoms with Crippen molar-refractivity contribution in [3.05, 3.63) is 36.4 Å². The van der Waals surface area contributed by atoms with Crippen LogP contribution in [0.15, 0.2) is 30.9 Å². The maximum Gasteiger partial charge on any atom is 0.157 e. The van der Waals surface area contributed by atoms with Crippen molar-refractivity contribution in [2.75, 3.05) is 11.9 Å². The van der Waals surface area contributed by atoms with Gasteiger partial charge in [0.15, 0.2) is 5.65 Å². The molecule has 0 radical (unpaired) electrons. The van der Waals surface area contributed by atoms with E-state index in [9.17, 15) is 0 Å². The molecule has 0 aromatic carbocycles. The third-order valence-corrected chi connectivity index (χ3v) is 3.44. The van der Waals surface area contributed by atoms with E-state index in [1.807, 2.05) is 23.3 Å². The smallest absolute Gasteiger partial charge is 0.157 e. The van der Waals surface area contributed by atoms with Gasteiger partial charge in [0, 0.05) is 30.4 Å². The SMILES string of the molecule is CC(C)n1ncc2cc(CNc3cnn(CCO)c3)cnc21. The molecule has 2 N–H and O–H groups in total. The lowest BCUT2D eigenvalue weighted by Crippen LogP contribution is -2.04. The Balaban J connectivity index is 1.71. The van der Waals surface area contributed by atoms with Crippen LogP contribution in [0.5, 0.6) is 0 Å². The second-order valence-electron chi connectivity index (χ2n) is 5.51. The van der Waals surface area contributed by atoms with Gasteiger partial charge in [0.2, 0.25) is 0 Å². The third-order valence-electron chi connectivity index (χ3n) is 3.44. The average Bonchev–Trinajstić information content (AvgIpc) is 3.11. The number of fused-ring (bicyclic) bond motifs is 1. The fourth-order valence-electron chi connectivity index (χ4n) is 2.34. The van der Waals surface area contributed by atoms with E-state index in [0.29, 0.717) is 19.1 Å². The van der Waals surface area contributed by atoms with Crippen LogP contribution in [-0.2, 0) is 13.1 Å².